The molecule has 0 bridgehead atoms. The predicted molar refractivity (Wildman–Crippen MR) is 82.5 cm³/mol. The van der Waals surface area contributed by atoms with Gasteiger partial charge in [-0.1, -0.05) is 6.07 Å². The van der Waals surface area contributed by atoms with Gasteiger partial charge >= 0.3 is 0 Å². The number of nitrogens with one attached hydrogen (secondary N) is 1. The number of hydrogen-bond donors (Lipinski definition) is 2. The van der Waals surface area contributed by atoms with Crippen molar-refractivity contribution >= 4 is 34.2 Å². The summed E-state index contributed by atoms with van der Waals surface area (Å²) in [5.74, 6) is 0.272. The maximum Gasteiger partial charge on any atom is 0.227 e. The summed E-state index contributed by atoms with van der Waals surface area (Å²) in [6.45, 7) is 2.02. The minimum Gasteiger partial charge on any atom is -0.328 e. The van der Waals surface area contributed by atoms with E-state index in [4.69, 9.17) is 5.73 Å². The number of carbonyl (C=O) groups is 1. The fourth-order valence-electron chi connectivity index (χ4n) is 2.35. The lowest BCUT2D eigenvalue weighted by molar-refractivity contribution is -0.120. The maximum absolute atomic E-state index is 12.2. The smallest absolute Gasteiger partial charge is 0.227 e. The van der Waals surface area contributed by atoms with Crippen molar-refractivity contribution in [2.75, 3.05) is 5.32 Å². The summed E-state index contributed by atoms with van der Waals surface area (Å²) in [5.41, 5.74) is 7.90. The van der Waals surface area contributed by atoms with Crippen LogP contribution in [0.2, 0.25) is 0 Å². The van der Waals surface area contributed by atoms with Crippen LogP contribution < -0.4 is 11.1 Å². The highest BCUT2D eigenvalue weighted by Crippen LogP contribution is 2.25. The molecule has 1 amide bonds. The Labute approximate surface area is 122 Å². The van der Waals surface area contributed by atoms with Crippen LogP contribution in [0.5, 0.6) is 0 Å². The standard InChI is InChI=1S/C14H19IN2O/c1-9-2-5-11(15)8-13(9)17-14(18)10-3-6-12(16)7-4-10/h2,5,8,10,12H,3-4,6-7,16H2,1H3,(H,17,18). The first kappa shape index (κ1) is 13.8. The normalized spacial score (nSPS) is 23.7. The van der Waals surface area contributed by atoms with Gasteiger partial charge in [-0.25, -0.2) is 0 Å². The third kappa shape index (κ3) is 3.45. The summed E-state index contributed by atoms with van der Waals surface area (Å²) >= 11 is 2.26. The van der Waals surface area contributed by atoms with Gasteiger partial charge in [-0.05, 0) is 72.9 Å². The van der Waals surface area contributed by atoms with Gasteiger partial charge < -0.3 is 11.1 Å². The van der Waals surface area contributed by atoms with Crippen molar-refractivity contribution in [1.82, 2.24) is 0 Å². The molecule has 0 aliphatic heterocycles. The van der Waals surface area contributed by atoms with Gasteiger partial charge in [0.1, 0.15) is 0 Å². The SMILES string of the molecule is Cc1ccc(I)cc1NC(=O)C1CCC(N)CC1. The van der Waals surface area contributed by atoms with Gasteiger partial charge in [-0.2, -0.15) is 0 Å². The molecule has 0 aromatic heterocycles. The summed E-state index contributed by atoms with van der Waals surface area (Å²) in [7, 11) is 0. The van der Waals surface area contributed by atoms with E-state index in [1.54, 1.807) is 0 Å². The molecule has 1 aromatic rings. The van der Waals surface area contributed by atoms with Crippen molar-refractivity contribution in [2.45, 2.75) is 38.6 Å². The highest BCUT2D eigenvalue weighted by atomic mass is 127. The van der Waals surface area contributed by atoms with Crippen molar-refractivity contribution < 1.29 is 4.79 Å². The maximum atomic E-state index is 12.2. The molecule has 0 radical (unpaired) electrons. The third-order valence-corrected chi connectivity index (χ3v) is 4.27. The van der Waals surface area contributed by atoms with E-state index >= 15 is 0 Å². The lowest BCUT2D eigenvalue weighted by atomic mass is 9.86. The number of halogens is 1. The second-order valence-electron chi connectivity index (χ2n) is 5.06. The number of aryl methyl sites for hydroxylation is 1. The van der Waals surface area contributed by atoms with Crippen LogP contribution in [0.4, 0.5) is 5.69 Å². The van der Waals surface area contributed by atoms with Crippen LogP contribution in [0.25, 0.3) is 0 Å². The summed E-state index contributed by atoms with van der Waals surface area (Å²) in [4.78, 5) is 12.2. The Bertz CT molecular complexity index is 439. The van der Waals surface area contributed by atoms with Gasteiger partial charge in [0.05, 0.1) is 0 Å². The number of carbonyl (C=O) groups excluding carboxylic acids is 1. The van der Waals surface area contributed by atoms with E-state index in [9.17, 15) is 4.79 Å². The molecule has 0 heterocycles. The average molecular weight is 358 g/mol. The van der Waals surface area contributed by atoms with E-state index in [1.165, 1.54) is 0 Å². The molecule has 4 heteroatoms. The number of anilines is 1. The first-order valence-electron chi connectivity index (χ1n) is 6.39. The van der Waals surface area contributed by atoms with E-state index in [-0.39, 0.29) is 17.9 Å². The molecule has 2 rings (SSSR count). The first-order chi connectivity index (χ1) is 8.56. The van der Waals surface area contributed by atoms with Gasteiger partial charge in [-0.15, -0.1) is 0 Å². The second-order valence-corrected chi connectivity index (χ2v) is 6.31. The van der Waals surface area contributed by atoms with Gasteiger partial charge in [0.15, 0.2) is 0 Å². The van der Waals surface area contributed by atoms with Crippen LogP contribution >= 0.6 is 22.6 Å². The molecular weight excluding hydrogens is 339 g/mol. The van der Waals surface area contributed by atoms with E-state index in [1.807, 2.05) is 25.1 Å². The lowest BCUT2D eigenvalue weighted by Gasteiger charge is -2.25. The topological polar surface area (TPSA) is 55.1 Å². The monoisotopic (exact) mass is 358 g/mol. The Morgan fingerprint density at radius 2 is 2.00 bits per heavy atom. The molecule has 98 valence electrons. The molecule has 18 heavy (non-hydrogen) atoms. The first-order valence-corrected chi connectivity index (χ1v) is 7.46. The van der Waals surface area contributed by atoms with E-state index in [2.05, 4.69) is 27.9 Å². The largest absolute Gasteiger partial charge is 0.328 e. The lowest BCUT2D eigenvalue weighted by Crippen LogP contribution is -2.32. The molecule has 1 aromatic carbocycles. The third-order valence-electron chi connectivity index (χ3n) is 3.60. The van der Waals surface area contributed by atoms with Gasteiger partial charge in [0.25, 0.3) is 0 Å². The van der Waals surface area contributed by atoms with Crippen LogP contribution in [0.1, 0.15) is 31.2 Å². The Balaban J connectivity index is 2.00. The molecule has 1 aliphatic carbocycles. The fraction of sp³-hybridized carbons (Fsp3) is 0.500. The van der Waals surface area contributed by atoms with Gasteiger partial charge in [0, 0.05) is 21.2 Å². The zero-order valence-corrected chi connectivity index (χ0v) is 12.7. The summed E-state index contributed by atoms with van der Waals surface area (Å²) < 4.78 is 1.14. The number of nitrogens with two attached hydrogens (primary N) is 1. The molecule has 1 fully saturated rings. The Morgan fingerprint density at radius 1 is 1.33 bits per heavy atom. The Morgan fingerprint density at radius 3 is 2.67 bits per heavy atom. The number of benzene rings is 1. The Hall–Kier alpha value is -0.620. The minimum absolute atomic E-state index is 0.127. The highest BCUT2D eigenvalue weighted by molar-refractivity contribution is 14.1. The van der Waals surface area contributed by atoms with Crippen LogP contribution in [-0.2, 0) is 4.79 Å². The minimum atomic E-state index is 0.127. The van der Waals surface area contributed by atoms with Crippen molar-refractivity contribution in [2.24, 2.45) is 11.7 Å². The molecule has 3 nitrogen and oxygen atoms in total. The number of amides is 1. The van der Waals surface area contributed by atoms with Crippen molar-refractivity contribution in [3.8, 4) is 0 Å². The average Bonchev–Trinajstić information content (AvgIpc) is 2.34. The zero-order chi connectivity index (χ0) is 13.1. The van der Waals surface area contributed by atoms with Crippen molar-refractivity contribution in [3.05, 3.63) is 27.3 Å². The quantitative estimate of drug-likeness (QED) is 0.799. The van der Waals surface area contributed by atoms with Crippen molar-refractivity contribution in [1.29, 1.82) is 0 Å². The van der Waals surface area contributed by atoms with Crippen LogP contribution in [0.3, 0.4) is 0 Å². The summed E-state index contributed by atoms with van der Waals surface area (Å²) in [6.07, 6.45) is 3.75. The van der Waals surface area contributed by atoms with Crippen LogP contribution in [0, 0.1) is 16.4 Å². The Kier molecular flexibility index (Phi) is 4.61. The molecule has 0 spiro atoms. The highest BCUT2D eigenvalue weighted by Gasteiger charge is 2.24. The van der Waals surface area contributed by atoms with Gasteiger partial charge in [-0.3, -0.25) is 4.79 Å². The van der Waals surface area contributed by atoms with Crippen LogP contribution in [-0.4, -0.2) is 11.9 Å². The van der Waals surface area contributed by atoms with Gasteiger partial charge in [0.2, 0.25) is 5.91 Å². The van der Waals surface area contributed by atoms with E-state index < -0.39 is 0 Å². The number of hydrogen-bond acceptors (Lipinski definition) is 2. The van der Waals surface area contributed by atoms with E-state index in [0.717, 1.165) is 40.5 Å². The summed E-state index contributed by atoms with van der Waals surface area (Å²) in [6, 6.07) is 6.38. The molecule has 0 unspecified atom stereocenters. The molecule has 0 atom stereocenters. The molecule has 1 aliphatic rings. The molecule has 3 N–H and O–H groups in total. The predicted octanol–water partition coefficient (Wildman–Crippen LogP) is 3.06. The number of rotatable bonds is 2. The van der Waals surface area contributed by atoms with Crippen LogP contribution in [0.15, 0.2) is 18.2 Å². The molecule has 0 saturated heterocycles. The molecular formula is C14H19IN2O. The summed E-state index contributed by atoms with van der Waals surface area (Å²) in [5, 5.41) is 3.05. The zero-order valence-electron chi connectivity index (χ0n) is 10.6. The van der Waals surface area contributed by atoms with E-state index in [0.29, 0.717) is 0 Å². The molecule has 1 saturated carbocycles. The fourth-order valence-corrected chi connectivity index (χ4v) is 2.84. The second kappa shape index (κ2) is 6.02. The van der Waals surface area contributed by atoms with Crippen molar-refractivity contribution in [3.63, 3.8) is 0 Å².